The summed E-state index contributed by atoms with van der Waals surface area (Å²) in [5, 5.41) is 10.6. The molecule has 0 bridgehead atoms. The first-order chi connectivity index (χ1) is 11.6. The van der Waals surface area contributed by atoms with Crippen LogP contribution in [0.1, 0.15) is 74.1 Å². The van der Waals surface area contributed by atoms with Crippen molar-refractivity contribution in [2.45, 2.75) is 86.4 Å². The van der Waals surface area contributed by atoms with Crippen LogP contribution in [0.25, 0.3) is 0 Å². The third-order valence-electron chi connectivity index (χ3n) is 6.00. The van der Waals surface area contributed by atoms with Crippen molar-refractivity contribution in [2.75, 3.05) is 0 Å². The highest BCUT2D eigenvalue weighted by Gasteiger charge is 2.33. The van der Waals surface area contributed by atoms with Gasteiger partial charge in [0.05, 0.1) is 12.0 Å². The van der Waals surface area contributed by atoms with Gasteiger partial charge >= 0.3 is 5.97 Å². The van der Waals surface area contributed by atoms with Gasteiger partial charge in [-0.25, -0.2) is 0 Å². The smallest absolute Gasteiger partial charge is 0.311 e. The van der Waals surface area contributed by atoms with Gasteiger partial charge in [-0.15, -0.1) is 0 Å². The van der Waals surface area contributed by atoms with E-state index in [0.29, 0.717) is 11.7 Å². The Kier molecular flexibility index (Phi) is 8.59. The number of ketones is 1. The lowest BCUT2D eigenvalue weighted by atomic mass is 9.79. The number of rotatable bonds is 1. The molecule has 146 valence electrons. The highest BCUT2D eigenvalue weighted by molar-refractivity contribution is 5.82. The number of aliphatic hydroxyl groups is 1. The Hall–Kier alpha value is -0.900. The van der Waals surface area contributed by atoms with E-state index in [1.807, 2.05) is 34.6 Å². The summed E-state index contributed by atoms with van der Waals surface area (Å²) in [6.45, 7) is 13.9. The fourth-order valence-electron chi connectivity index (χ4n) is 4.39. The second-order valence-electron chi connectivity index (χ2n) is 8.63. The first kappa shape index (κ1) is 22.1. The lowest BCUT2D eigenvalue weighted by Crippen LogP contribution is -2.37. The van der Waals surface area contributed by atoms with Crippen LogP contribution >= 0.6 is 0 Å². The number of carbonyl (C=O) groups excluding carboxylic acids is 2. The van der Waals surface area contributed by atoms with E-state index < -0.39 is 12.0 Å². The number of aliphatic hydroxyl groups excluding tert-OH is 1. The zero-order valence-corrected chi connectivity index (χ0v) is 17.1. The van der Waals surface area contributed by atoms with Crippen LogP contribution in [-0.4, -0.2) is 29.1 Å². The first-order valence-corrected chi connectivity index (χ1v) is 10.0. The normalized spacial score (nSPS) is 42.6. The maximum Gasteiger partial charge on any atom is 0.311 e. The molecule has 0 aromatic rings. The topological polar surface area (TPSA) is 63.6 Å². The number of Topliss-reactive ketones (excluding diaryl/α,β-unsaturated/α-hetero) is 1. The molecule has 1 rings (SSSR count). The van der Waals surface area contributed by atoms with Crippen LogP contribution in [-0.2, 0) is 14.3 Å². The summed E-state index contributed by atoms with van der Waals surface area (Å²) >= 11 is 0. The van der Waals surface area contributed by atoms with Gasteiger partial charge in [0.25, 0.3) is 0 Å². The third-order valence-corrected chi connectivity index (χ3v) is 6.00. The minimum absolute atomic E-state index is 0.00211. The van der Waals surface area contributed by atoms with E-state index in [0.717, 1.165) is 25.7 Å². The zero-order chi connectivity index (χ0) is 19.3. The van der Waals surface area contributed by atoms with Crippen molar-refractivity contribution in [3.63, 3.8) is 0 Å². The summed E-state index contributed by atoms with van der Waals surface area (Å²) in [6.07, 6.45) is 2.18. The van der Waals surface area contributed by atoms with Gasteiger partial charge in [-0.1, -0.05) is 41.5 Å². The molecule has 8 atom stereocenters. The molecule has 1 aliphatic heterocycles. The van der Waals surface area contributed by atoms with Crippen molar-refractivity contribution < 1.29 is 19.4 Å². The Bertz CT molecular complexity index is 447. The molecule has 4 heteroatoms. The van der Waals surface area contributed by atoms with Gasteiger partial charge in [-0.2, -0.15) is 0 Å². The average molecular weight is 355 g/mol. The molecule has 0 radical (unpaired) electrons. The molecule has 0 aromatic carbocycles. The van der Waals surface area contributed by atoms with Gasteiger partial charge in [-0.3, -0.25) is 9.59 Å². The Morgan fingerprint density at radius 1 is 0.920 bits per heavy atom. The molecule has 1 aliphatic rings. The first-order valence-electron chi connectivity index (χ1n) is 10.0. The summed E-state index contributed by atoms with van der Waals surface area (Å²) in [5.74, 6) is -0.0722. The molecule has 1 saturated heterocycles. The summed E-state index contributed by atoms with van der Waals surface area (Å²) < 4.78 is 5.71. The Morgan fingerprint density at radius 2 is 1.48 bits per heavy atom. The van der Waals surface area contributed by atoms with Gasteiger partial charge in [0, 0.05) is 11.8 Å². The highest BCUT2D eigenvalue weighted by Crippen LogP contribution is 2.30. The lowest BCUT2D eigenvalue weighted by Gasteiger charge is -2.31. The summed E-state index contributed by atoms with van der Waals surface area (Å²) in [4.78, 5) is 25.2. The molecule has 0 aliphatic carbocycles. The number of cyclic esters (lactones) is 1. The average Bonchev–Trinajstić information content (AvgIpc) is 2.55. The van der Waals surface area contributed by atoms with E-state index in [1.54, 1.807) is 6.92 Å². The standard InChI is InChI=1S/C21H38O4/c1-8-18-13(3)11-16(6)19(22)14(4)9-12(2)10-15(5)20(23)17(7)21(24)25-18/h12-18,20,23H,8-11H2,1-7H3. The summed E-state index contributed by atoms with van der Waals surface area (Å²) in [5.41, 5.74) is 0. The van der Waals surface area contributed by atoms with Gasteiger partial charge in [-0.05, 0) is 50.4 Å². The van der Waals surface area contributed by atoms with E-state index in [4.69, 9.17) is 4.74 Å². The van der Waals surface area contributed by atoms with Crippen LogP contribution in [0.5, 0.6) is 0 Å². The van der Waals surface area contributed by atoms with Crippen LogP contribution in [0.2, 0.25) is 0 Å². The summed E-state index contributed by atoms with van der Waals surface area (Å²) in [6, 6.07) is 0. The number of esters is 1. The van der Waals surface area contributed by atoms with Crippen molar-refractivity contribution >= 4 is 11.8 Å². The molecular weight excluding hydrogens is 316 g/mol. The van der Waals surface area contributed by atoms with E-state index in [2.05, 4.69) is 6.92 Å². The van der Waals surface area contributed by atoms with E-state index >= 15 is 0 Å². The molecule has 0 saturated carbocycles. The minimum Gasteiger partial charge on any atom is -0.462 e. The monoisotopic (exact) mass is 354 g/mol. The highest BCUT2D eigenvalue weighted by atomic mass is 16.5. The van der Waals surface area contributed by atoms with Crippen LogP contribution < -0.4 is 0 Å². The Morgan fingerprint density at radius 3 is 2.04 bits per heavy atom. The van der Waals surface area contributed by atoms with Crippen molar-refractivity contribution in [2.24, 2.45) is 35.5 Å². The molecule has 0 aromatic heterocycles. The number of hydrogen-bond donors (Lipinski definition) is 1. The molecule has 0 spiro atoms. The molecule has 25 heavy (non-hydrogen) atoms. The summed E-state index contributed by atoms with van der Waals surface area (Å²) in [7, 11) is 0. The van der Waals surface area contributed by atoms with Gasteiger partial charge in [0.2, 0.25) is 0 Å². The van der Waals surface area contributed by atoms with Crippen molar-refractivity contribution in [3.8, 4) is 0 Å². The predicted molar refractivity (Wildman–Crippen MR) is 100 cm³/mol. The van der Waals surface area contributed by atoms with E-state index in [1.165, 1.54) is 0 Å². The van der Waals surface area contributed by atoms with Crippen LogP contribution in [0.3, 0.4) is 0 Å². The molecule has 4 nitrogen and oxygen atoms in total. The van der Waals surface area contributed by atoms with E-state index in [-0.39, 0.29) is 35.7 Å². The number of ether oxygens (including phenoxy) is 1. The maximum absolute atomic E-state index is 12.7. The van der Waals surface area contributed by atoms with Crippen LogP contribution in [0.4, 0.5) is 0 Å². The molecule has 8 unspecified atom stereocenters. The zero-order valence-electron chi connectivity index (χ0n) is 17.1. The van der Waals surface area contributed by atoms with Crippen molar-refractivity contribution in [1.82, 2.24) is 0 Å². The predicted octanol–water partition coefficient (Wildman–Crippen LogP) is 4.24. The van der Waals surface area contributed by atoms with E-state index in [9.17, 15) is 14.7 Å². The minimum atomic E-state index is -0.712. The molecule has 0 amide bonds. The van der Waals surface area contributed by atoms with Crippen molar-refractivity contribution in [3.05, 3.63) is 0 Å². The molecule has 1 heterocycles. The van der Waals surface area contributed by atoms with Gasteiger partial charge in [0.15, 0.2) is 0 Å². The van der Waals surface area contributed by atoms with Crippen LogP contribution in [0, 0.1) is 35.5 Å². The SMILES string of the molecule is CCC1OC(=O)C(C)C(O)C(C)CC(C)CC(C)C(=O)C(C)CC1C. The fraction of sp³-hybridized carbons (Fsp3) is 0.905. The fourth-order valence-corrected chi connectivity index (χ4v) is 4.39. The largest absolute Gasteiger partial charge is 0.462 e. The molecule has 1 N–H and O–H groups in total. The Labute approximate surface area is 153 Å². The van der Waals surface area contributed by atoms with Crippen molar-refractivity contribution in [1.29, 1.82) is 0 Å². The molecular formula is C21H38O4. The van der Waals surface area contributed by atoms with Gasteiger partial charge in [0.1, 0.15) is 11.9 Å². The number of carbonyl (C=O) groups is 2. The second-order valence-corrected chi connectivity index (χ2v) is 8.63. The van der Waals surface area contributed by atoms with Crippen LogP contribution in [0.15, 0.2) is 0 Å². The lowest BCUT2D eigenvalue weighted by molar-refractivity contribution is -0.161. The second kappa shape index (κ2) is 9.70. The van der Waals surface area contributed by atoms with Gasteiger partial charge < -0.3 is 9.84 Å². The quantitative estimate of drug-likeness (QED) is 0.715. The number of hydrogen-bond acceptors (Lipinski definition) is 4. The maximum atomic E-state index is 12.7. The molecule has 1 fully saturated rings. The Balaban J connectivity index is 3.04. The third kappa shape index (κ3) is 6.09.